The third-order valence-corrected chi connectivity index (χ3v) is 8.34. The Morgan fingerprint density at radius 1 is 0.852 bits per heavy atom. The van der Waals surface area contributed by atoms with Gasteiger partial charge in [0.1, 0.15) is 0 Å². The van der Waals surface area contributed by atoms with Crippen molar-refractivity contribution in [1.82, 2.24) is 0 Å². The molecule has 0 bridgehead atoms. The zero-order chi connectivity index (χ0) is 21.3. The van der Waals surface area contributed by atoms with Gasteiger partial charge >= 0.3 is 20.7 Å². The van der Waals surface area contributed by atoms with E-state index in [0.717, 1.165) is 24.6 Å². The molecule has 0 radical (unpaired) electrons. The minimum Gasteiger partial charge on any atom is -0.463 e. The fourth-order valence-corrected chi connectivity index (χ4v) is 4.95. The van der Waals surface area contributed by atoms with Crippen molar-refractivity contribution in [1.29, 1.82) is 0 Å². The molecule has 158 valence electrons. The summed E-state index contributed by atoms with van der Waals surface area (Å²) in [4.78, 5) is 21.3. The van der Waals surface area contributed by atoms with Crippen LogP contribution in [0.5, 0.6) is 0 Å². The van der Waals surface area contributed by atoms with Gasteiger partial charge < -0.3 is 22.8 Å². The lowest BCUT2D eigenvalue weighted by atomic mass is 10.5. The first kappa shape index (κ1) is 28.5. The van der Waals surface area contributed by atoms with Crippen molar-refractivity contribution >= 4 is 49.6 Å². The summed E-state index contributed by atoms with van der Waals surface area (Å²) in [7, 11) is 2.13. The van der Waals surface area contributed by atoms with Gasteiger partial charge in [-0.15, -0.1) is 22.2 Å². The van der Waals surface area contributed by atoms with E-state index in [-0.39, 0.29) is 0 Å². The zero-order valence-electron chi connectivity index (χ0n) is 16.4. The second kappa shape index (κ2) is 16.3. The third-order valence-electron chi connectivity index (χ3n) is 3.14. The van der Waals surface area contributed by atoms with E-state index >= 15 is 0 Å². The van der Waals surface area contributed by atoms with Crippen LogP contribution in [0.3, 0.4) is 0 Å². The van der Waals surface area contributed by atoms with Gasteiger partial charge in [-0.2, -0.15) is 0 Å². The first-order valence-corrected chi connectivity index (χ1v) is 14.9. The maximum absolute atomic E-state index is 10.7. The fourth-order valence-electron chi connectivity index (χ4n) is 1.69. The van der Waals surface area contributed by atoms with Crippen molar-refractivity contribution in [3.8, 4) is 0 Å². The number of hydrogen-bond acceptors (Lipinski definition) is 7. The number of hydrogen-bond donors (Lipinski definition) is 0. The van der Waals surface area contributed by atoms with Gasteiger partial charge in [-0.05, 0) is 25.4 Å². The number of carbonyl (C=O) groups excluding carboxylic acids is 2. The van der Waals surface area contributed by atoms with Gasteiger partial charge in [-0.25, -0.2) is 9.59 Å². The van der Waals surface area contributed by atoms with Crippen LogP contribution in [-0.4, -0.2) is 62.0 Å². The molecule has 0 aliphatic heterocycles. The fraction of sp³-hybridized carbons (Fsp3) is 0.625. The number of carbonyl (C=O) groups is 2. The molecule has 0 saturated carbocycles. The highest BCUT2D eigenvalue weighted by Crippen LogP contribution is 2.21. The van der Waals surface area contributed by atoms with Crippen LogP contribution in [0.2, 0.25) is 18.6 Å². The van der Waals surface area contributed by atoms with Gasteiger partial charge in [-0.3, -0.25) is 0 Å². The van der Waals surface area contributed by atoms with E-state index in [9.17, 15) is 9.59 Å². The Balaban J connectivity index is 0. The molecule has 0 atom stereocenters. The van der Waals surface area contributed by atoms with E-state index in [0.29, 0.717) is 25.7 Å². The first-order valence-electron chi connectivity index (χ1n) is 8.21. The van der Waals surface area contributed by atoms with Gasteiger partial charge in [0.2, 0.25) is 6.69 Å². The molecule has 0 unspecified atom stereocenters. The summed E-state index contributed by atoms with van der Waals surface area (Å²) in [5, 5.41) is 0. The van der Waals surface area contributed by atoms with Crippen molar-refractivity contribution < 1.29 is 32.3 Å². The molecular weight excluding hydrogens is 431 g/mol. The molecule has 0 rings (SSSR count). The van der Waals surface area contributed by atoms with Gasteiger partial charge in [0, 0.05) is 39.5 Å². The SMILES string of the molecule is C=CC(=O)OCCC[Si](C)(Cl)Cl.C=CC(=O)OCCC[Si](OC)(OC)OC. The molecule has 0 aromatic rings. The lowest BCUT2D eigenvalue weighted by Gasteiger charge is -2.23. The Morgan fingerprint density at radius 3 is 1.52 bits per heavy atom. The van der Waals surface area contributed by atoms with Crippen molar-refractivity contribution in [2.75, 3.05) is 34.5 Å². The van der Waals surface area contributed by atoms with E-state index in [1.807, 2.05) is 6.55 Å². The van der Waals surface area contributed by atoms with Crippen molar-refractivity contribution in [3.63, 3.8) is 0 Å². The van der Waals surface area contributed by atoms with Crippen molar-refractivity contribution in [3.05, 3.63) is 25.3 Å². The molecule has 0 heterocycles. The Morgan fingerprint density at radius 2 is 1.22 bits per heavy atom. The summed E-state index contributed by atoms with van der Waals surface area (Å²) < 4.78 is 25.2. The van der Waals surface area contributed by atoms with E-state index < -0.39 is 27.4 Å². The molecule has 7 nitrogen and oxygen atoms in total. The Bertz CT molecular complexity index is 444. The highest BCUT2D eigenvalue weighted by molar-refractivity contribution is 7.44. The molecule has 0 aliphatic carbocycles. The molecule has 0 spiro atoms. The normalized spacial score (nSPS) is 11.0. The second-order valence-electron chi connectivity index (χ2n) is 5.32. The van der Waals surface area contributed by atoms with E-state index in [4.69, 9.17) is 44.9 Å². The predicted molar refractivity (Wildman–Crippen MR) is 111 cm³/mol. The van der Waals surface area contributed by atoms with Crippen LogP contribution in [0.4, 0.5) is 0 Å². The molecule has 0 saturated heterocycles. The first-order chi connectivity index (χ1) is 12.6. The van der Waals surface area contributed by atoms with Gasteiger partial charge in [0.05, 0.1) is 13.2 Å². The summed E-state index contributed by atoms with van der Waals surface area (Å²) in [6.07, 6.45) is 3.63. The van der Waals surface area contributed by atoms with Gasteiger partial charge in [-0.1, -0.05) is 13.2 Å². The average Bonchev–Trinajstić information content (AvgIpc) is 2.65. The maximum atomic E-state index is 10.7. The zero-order valence-corrected chi connectivity index (χ0v) is 19.9. The van der Waals surface area contributed by atoms with Crippen LogP contribution in [0.1, 0.15) is 12.8 Å². The largest absolute Gasteiger partial charge is 0.500 e. The molecule has 0 fully saturated rings. The quantitative estimate of drug-likeness (QED) is 0.136. The molecule has 0 aromatic carbocycles. The number of esters is 2. The Labute approximate surface area is 173 Å². The maximum Gasteiger partial charge on any atom is 0.500 e. The number of rotatable bonds is 13. The number of halogens is 2. The average molecular weight is 461 g/mol. The van der Waals surface area contributed by atoms with Gasteiger partial charge in [0.25, 0.3) is 0 Å². The standard InChI is InChI=1S/C9H18O5Si.C7H12Cl2O2Si/c1-5-9(10)14-7-6-8-15(11-2,12-3)13-4;1-3-7(10)11-5-4-6-12(2,8)9/h5H,1,6-8H2,2-4H3;3H,1,4-6H2,2H3. The van der Waals surface area contributed by atoms with Crippen LogP contribution in [0.15, 0.2) is 25.3 Å². The third kappa shape index (κ3) is 17.2. The molecule has 11 heteroatoms. The molecule has 0 amide bonds. The molecule has 27 heavy (non-hydrogen) atoms. The van der Waals surface area contributed by atoms with Crippen LogP contribution in [0.25, 0.3) is 0 Å². The Kier molecular flexibility index (Phi) is 17.2. The van der Waals surface area contributed by atoms with Crippen LogP contribution in [-0.2, 0) is 32.3 Å². The topological polar surface area (TPSA) is 80.3 Å². The highest BCUT2D eigenvalue weighted by Gasteiger charge is 2.36. The summed E-state index contributed by atoms with van der Waals surface area (Å²) in [5.74, 6) is -0.822. The molecule has 0 aromatic heterocycles. The summed E-state index contributed by atoms with van der Waals surface area (Å²) in [6.45, 7) is 7.08. The number of ether oxygens (including phenoxy) is 2. The van der Waals surface area contributed by atoms with Crippen molar-refractivity contribution in [2.45, 2.75) is 31.5 Å². The summed E-state index contributed by atoms with van der Waals surface area (Å²) >= 11 is 11.7. The molecule has 0 aliphatic rings. The lowest BCUT2D eigenvalue weighted by Crippen LogP contribution is -2.42. The smallest absolute Gasteiger partial charge is 0.463 e. The molecule has 0 N–H and O–H groups in total. The van der Waals surface area contributed by atoms with Gasteiger partial charge in [0.15, 0.2) is 0 Å². The second-order valence-corrected chi connectivity index (χ2v) is 16.6. The van der Waals surface area contributed by atoms with E-state index in [1.54, 1.807) is 21.3 Å². The summed E-state index contributed by atoms with van der Waals surface area (Å²) in [5.41, 5.74) is 0. The monoisotopic (exact) mass is 460 g/mol. The van der Waals surface area contributed by atoms with E-state index in [2.05, 4.69) is 13.2 Å². The lowest BCUT2D eigenvalue weighted by molar-refractivity contribution is -0.138. The van der Waals surface area contributed by atoms with Crippen LogP contribution in [0, 0.1) is 0 Å². The van der Waals surface area contributed by atoms with Crippen LogP contribution < -0.4 is 0 Å². The Hall–Kier alpha value is -0.686. The minimum absolute atomic E-state index is 0.315. The highest BCUT2D eigenvalue weighted by atomic mass is 35.7. The predicted octanol–water partition coefficient (Wildman–Crippen LogP) is 3.64. The van der Waals surface area contributed by atoms with Crippen LogP contribution >= 0.6 is 22.2 Å². The van der Waals surface area contributed by atoms with Crippen molar-refractivity contribution in [2.24, 2.45) is 0 Å². The molecular formula is C16H30Cl2O7Si2. The summed E-state index contributed by atoms with van der Waals surface area (Å²) in [6, 6.07) is 1.35. The minimum atomic E-state index is -2.52. The van der Waals surface area contributed by atoms with E-state index in [1.165, 1.54) is 0 Å².